The zero-order valence-electron chi connectivity index (χ0n) is 16.4. The largest absolute Gasteiger partial charge is 0.497 e. The molecule has 5 rings (SSSR count). The molecule has 0 bridgehead atoms. The van der Waals surface area contributed by atoms with Gasteiger partial charge in [-0.15, -0.1) is 0 Å². The van der Waals surface area contributed by atoms with Crippen LogP contribution >= 0.6 is 0 Å². The van der Waals surface area contributed by atoms with Crippen LogP contribution in [0.4, 0.5) is 5.69 Å². The fourth-order valence-electron chi connectivity index (χ4n) is 4.40. The van der Waals surface area contributed by atoms with Crippen molar-refractivity contribution in [3.8, 4) is 17.2 Å². The second-order valence-electron chi connectivity index (χ2n) is 7.72. The van der Waals surface area contributed by atoms with Gasteiger partial charge < -0.3 is 14.2 Å². The van der Waals surface area contributed by atoms with Crippen LogP contribution in [0.5, 0.6) is 5.75 Å². The van der Waals surface area contributed by atoms with Gasteiger partial charge in [-0.1, -0.05) is 23.4 Å². The average Bonchev–Trinajstić information content (AvgIpc) is 3.40. The highest BCUT2D eigenvalue weighted by Crippen LogP contribution is 2.36. The van der Waals surface area contributed by atoms with Crippen molar-refractivity contribution in [3.05, 3.63) is 59.4 Å². The lowest BCUT2D eigenvalue weighted by Gasteiger charge is -2.25. The smallest absolute Gasteiger partial charge is 0.258 e. The topological polar surface area (TPSA) is 68.5 Å². The average molecular weight is 389 g/mol. The Hall–Kier alpha value is -3.15. The molecule has 6 nitrogen and oxygen atoms in total. The quantitative estimate of drug-likeness (QED) is 0.671. The summed E-state index contributed by atoms with van der Waals surface area (Å²) in [6.45, 7) is 0.590. The number of carbonyl (C=O) groups excluding carboxylic acids is 1. The molecule has 6 heteroatoms. The summed E-state index contributed by atoms with van der Waals surface area (Å²) in [4.78, 5) is 19.3. The van der Waals surface area contributed by atoms with E-state index < -0.39 is 0 Å². The zero-order chi connectivity index (χ0) is 19.8. The van der Waals surface area contributed by atoms with E-state index in [0.717, 1.165) is 29.8 Å². The minimum atomic E-state index is -0.0648. The molecule has 0 saturated carbocycles. The lowest BCUT2D eigenvalue weighted by atomic mass is 9.90. The predicted octanol–water partition coefficient (Wildman–Crippen LogP) is 4.14. The SMILES string of the molecule is COc1cccc(-c2nc(C3CC(=O)N(c4cccc5c4CCCC5)C3)no2)c1. The number of aromatic nitrogens is 2. The van der Waals surface area contributed by atoms with Crippen LogP contribution in [0.1, 0.15) is 42.1 Å². The molecule has 0 spiro atoms. The molecule has 0 radical (unpaired) electrons. The molecule has 1 aliphatic heterocycles. The summed E-state index contributed by atoms with van der Waals surface area (Å²) in [5, 5.41) is 4.17. The maximum atomic E-state index is 12.8. The van der Waals surface area contributed by atoms with Gasteiger partial charge in [-0.3, -0.25) is 4.79 Å². The number of anilines is 1. The number of hydrogen-bond acceptors (Lipinski definition) is 5. The van der Waals surface area contributed by atoms with E-state index in [2.05, 4.69) is 28.3 Å². The molecule has 2 aromatic carbocycles. The fraction of sp³-hybridized carbons (Fsp3) is 0.348. The number of ether oxygens (including phenoxy) is 1. The van der Waals surface area contributed by atoms with E-state index in [9.17, 15) is 4.79 Å². The number of fused-ring (bicyclic) bond motifs is 1. The first-order valence-electron chi connectivity index (χ1n) is 10.1. The Bertz CT molecular complexity index is 1060. The highest BCUT2D eigenvalue weighted by Gasteiger charge is 2.36. The fourth-order valence-corrected chi connectivity index (χ4v) is 4.40. The van der Waals surface area contributed by atoms with Crippen LogP contribution in [0.2, 0.25) is 0 Å². The van der Waals surface area contributed by atoms with Crippen LogP contribution < -0.4 is 9.64 Å². The number of carbonyl (C=O) groups is 1. The summed E-state index contributed by atoms with van der Waals surface area (Å²) in [6, 6.07) is 13.8. The van der Waals surface area contributed by atoms with Gasteiger partial charge in [0.15, 0.2) is 5.82 Å². The van der Waals surface area contributed by atoms with Crippen LogP contribution in [0.3, 0.4) is 0 Å². The monoisotopic (exact) mass is 389 g/mol. The summed E-state index contributed by atoms with van der Waals surface area (Å²) >= 11 is 0. The Balaban J connectivity index is 1.39. The number of methoxy groups -OCH3 is 1. The molecule has 1 amide bonds. The summed E-state index contributed by atoms with van der Waals surface area (Å²) in [5.41, 5.74) is 4.58. The molecule has 1 aliphatic carbocycles. The maximum absolute atomic E-state index is 12.8. The van der Waals surface area contributed by atoms with Gasteiger partial charge in [0.05, 0.1) is 7.11 Å². The van der Waals surface area contributed by atoms with E-state index in [1.54, 1.807) is 7.11 Å². The molecule has 148 valence electrons. The molecule has 0 N–H and O–H groups in total. The van der Waals surface area contributed by atoms with Crippen LogP contribution in [-0.4, -0.2) is 29.7 Å². The number of rotatable bonds is 4. The summed E-state index contributed by atoms with van der Waals surface area (Å²) < 4.78 is 10.7. The molecule has 2 aliphatic rings. The van der Waals surface area contributed by atoms with Crippen molar-refractivity contribution >= 4 is 11.6 Å². The number of amides is 1. The van der Waals surface area contributed by atoms with Crippen molar-refractivity contribution in [3.63, 3.8) is 0 Å². The van der Waals surface area contributed by atoms with Gasteiger partial charge in [-0.25, -0.2) is 0 Å². The first-order chi connectivity index (χ1) is 14.2. The van der Waals surface area contributed by atoms with Crippen LogP contribution in [0, 0.1) is 0 Å². The second kappa shape index (κ2) is 7.35. The van der Waals surface area contributed by atoms with Crippen molar-refractivity contribution in [2.75, 3.05) is 18.6 Å². The Morgan fingerprint density at radius 3 is 2.90 bits per heavy atom. The van der Waals surface area contributed by atoms with Gasteiger partial charge in [-0.2, -0.15) is 4.98 Å². The molecule has 1 atom stereocenters. The van der Waals surface area contributed by atoms with E-state index in [0.29, 0.717) is 24.7 Å². The lowest BCUT2D eigenvalue weighted by molar-refractivity contribution is -0.117. The maximum Gasteiger partial charge on any atom is 0.258 e. The van der Waals surface area contributed by atoms with Gasteiger partial charge in [0.2, 0.25) is 5.91 Å². The minimum Gasteiger partial charge on any atom is -0.497 e. The van der Waals surface area contributed by atoms with Gasteiger partial charge in [0.25, 0.3) is 5.89 Å². The van der Waals surface area contributed by atoms with Crippen molar-refractivity contribution in [1.29, 1.82) is 0 Å². The highest BCUT2D eigenvalue weighted by molar-refractivity contribution is 5.97. The predicted molar refractivity (Wildman–Crippen MR) is 109 cm³/mol. The minimum absolute atomic E-state index is 0.0648. The van der Waals surface area contributed by atoms with Crippen LogP contribution in [0.15, 0.2) is 47.0 Å². The molecule has 1 fully saturated rings. The molecule has 3 aromatic rings. The first kappa shape index (κ1) is 17.9. The summed E-state index contributed by atoms with van der Waals surface area (Å²) in [5.74, 6) is 1.83. The summed E-state index contributed by atoms with van der Waals surface area (Å²) in [6.07, 6.45) is 4.96. The molecule has 1 aromatic heterocycles. The highest BCUT2D eigenvalue weighted by atomic mass is 16.5. The Kier molecular flexibility index (Phi) is 4.54. The van der Waals surface area contributed by atoms with E-state index in [1.165, 1.54) is 24.0 Å². The molecule has 2 heterocycles. The van der Waals surface area contributed by atoms with Gasteiger partial charge in [0.1, 0.15) is 5.75 Å². The third-order valence-electron chi connectivity index (χ3n) is 5.91. The Morgan fingerprint density at radius 2 is 2.00 bits per heavy atom. The lowest BCUT2D eigenvalue weighted by Crippen LogP contribution is -2.26. The van der Waals surface area contributed by atoms with Crippen molar-refractivity contribution < 1.29 is 14.1 Å². The van der Waals surface area contributed by atoms with Crippen molar-refractivity contribution in [2.24, 2.45) is 0 Å². The zero-order valence-corrected chi connectivity index (χ0v) is 16.4. The van der Waals surface area contributed by atoms with Crippen LogP contribution in [0.25, 0.3) is 11.5 Å². The number of nitrogens with zero attached hydrogens (tertiary/aromatic N) is 3. The van der Waals surface area contributed by atoms with Crippen molar-refractivity contribution in [1.82, 2.24) is 10.1 Å². The van der Waals surface area contributed by atoms with Gasteiger partial charge in [0, 0.05) is 30.1 Å². The van der Waals surface area contributed by atoms with Gasteiger partial charge >= 0.3 is 0 Å². The summed E-state index contributed by atoms with van der Waals surface area (Å²) in [7, 11) is 1.62. The Labute approximate surface area is 169 Å². The third kappa shape index (κ3) is 3.28. The number of aryl methyl sites for hydroxylation is 1. The molecule has 1 saturated heterocycles. The van der Waals surface area contributed by atoms with E-state index >= 15 is 0 Å². The normalized spacial score (nSPS) is 18.7. The van der Waals surface area contributed by atoms with Crippen LogP contribution in [-0.2, 0) is 17.6 Å². The van der Waals surface area contributed by atoms with E-state index in [-0.39, 0.29) is 11.8 Å². The van der Waals surface area contributed by atoms with E-state index in [1.807, 2.05) is 29.2 Å². The first-order valence-corrected chi connectivity index (χ1v) is 10.1. The standard InChI is InChI=1S/C23H23N3O3/c1-28-18-9-4-8-16(12-18)23-24-22(25-29-23)17-13-21(27)26(14-17)20-11-5-7-15-6-2-3-10-19(15)20/h4-5,7-9,11-12,17H,2-3,6,10,13-14H2,1H3. The molecular formula is C23H23N3O3. The number of hydrogen-bond donors (Lipinski definition) is 0. The van der Waals surface area contributed by atoms with E-state index in [4.69, 9.17) is 9.26 Å². The molecule has 29 heavy (non-hydrogen) atoms. The number of benzene rings is 2. The third-order valence-corrected chi connectivity index (χ3v) is 5.91. The second-order valence-corrected chi connectivity index (χ2v) is 7.72. The van der Waals surface area contributed by atoms with Crippen molar-refractivity contribution in [2.45, 2.75) is 38.0 Å². The molecule has 1 unspecified atom stereocenters. The Morgan fingerprint density at radius 1 is 1.14 bits per heavy atom. The van der Waals surface area contributed by atoms with Gasteiger partial charge in [-0.05, 0) is 61.1 Å². The molecular weight excluding hydrogens is 366 g/mol.